The molecule has 8 nitrogen and oxygen atoms in total. The van der Waals surface area contributed by atoms with Gasteiger partial charge < -0.3 is 15.1 Å². The van der Waals surface area contributed by atoms with Crippen LogP contribution in [0.25, 0.3) is 0 Å². The second kappa shape index (κ2) is 8.10. The van der Waals surface area contributed by atoms with Crippen molar-refractivity contribution in [3.05, 3.63) is 45.8 Å². The number of nitrogens with one attached hydrogen (secondary N) is 1. The number of rotatable bonds is 5. The van der Waals surface area contributed by atoms with Crippen LogP contribution in [-0.2, 0) is 0 Å². The fourth-order valence-electron chi connectivity index (χ4n) is 7.61. The zero-order chi connectivity index (χ0) is 23.4. The smallest absolute Gasteiger partial charge is 0.353 e. The quantitative estimate of drug-likeness (QED) is 0.509. The van der Waals surface area contributed by atoms with Crippen LogP contribution in [0, 0.1) is 41.7 Å². The van der Waals surface area contributed by atoms with E-state index in [2.05, 4.69) is 57.1 Å². The van der Waals surface area contributed by atoms with Gasteiger partial charge in [-0.25, -0.2) is 9.97 Å². The lowest BCUT2D eigenvalue weighted by Crippen LogP contribution is -2.55. The Morgan fingerprint density at radius 2 is 1.59 bits per heavy atom. The SMILES string of the molecule is Cc1cccc(N2CCN(c3ncnc(NC45CC6CC(CC(C6)C4)C5)c3[N+](=O)[O-])CC2)c1C. The first kappa shape index (κ1) is 21.6. The van der Waals surface area contributed by atoms with Gasteiger partial charge in [-0.15, -0.1) is 0 Å². The minimum atomic E-state index is -0.282. The molecule has 0 radical (unpaired) electrons. The minimum absolute atomic E-state index is 0.0352. The lowest BCUT2D eigenvalue weighted by atomic mass is 9.53. The van der Waals surface area contributed by atoms with Crippen LogP contribution in [0.1, 0.15) is 49.7 Å². The first-order chi connectivity index (χ1) is 16.4. The van der Waals surface area contributed by atoms with Gasteiger partial charge >= 0.3 is 5.69 Å². The molecule has 5 fully saturated rings. The summed E-state index contributed by atoms with van der Waals surface area (Å²) in [6.45, 7) is 7.31. The number of benzene rings is 1. The van der Waals surface area contributed by atoms with Crippen molar-refractivity contribution in [2.24, 2.45) is 17.8 Å². The second-order valence-corrected chi connectivity index (χ2v) is 11.2. The third-order valence-electron chi connectivity index (χ3n) is 8.90. The van der Waals surface area contributed by atoms with Crippen LogP contribution in [0.3, 0.4) is 0 Å². The summed E-state index contributed by atoms with van der Waals surface area (Å²) in [4.78, 5) is 25.3. The molecule has 1 saturated heterocycles. The summed E-state index contributed by atoms with van der Waals surface area (Å²) in [6.07, 6.45) is 8.86. The number of aryl methyl sites for hydroxylation is 1. The Bertz CT molecular complexity index is 1080. The Balaban J connectivity index is 1.24. The van der Waals surface area contributed by atoms with Crippen LogP contribution < -0.4 is 15.1 Å². The van der Waals surface area contributed by atoms with Gasteiger partial charge in [0.25, 0.3) is 0 Å². The molecule has 5 aliphatic rings. The summed E-state index contributed by atoms with van der Waals surface area (Å²) in [7, 11) is 0. The fraction of sp³-hybridized carbons (Fsp3) is 0.615. The van der Waals surface area contributed by atoms with Crippen LogP contribution >= 0.6 is 0 Å². The van der Waals surface area contributed by atoms with Gasteiger partial charge in [0.15, 0.2) is 0 Å². The number of piperazine rings is 1. The molecule has 0 atom stereocenters. The summed E-state index contributed by atoms with van der Waals surface area (Å²) < 4.78 is 0. The second-order valence-electron chi connectivity index (χ2n) is 11.2. The van der Waals surface area contributed by atoms with E-state index in [0.29, 0.717) is 24.7 Å². The van der Waals surface area contributed by atoms with Crippen molar-refractivity contribution in [3.8, 4) is 0 Å². The van der Waals surface area contributed by atoms with Gasteiger partial charge in [0.1, 0.15) is 6.33 Å². The molecule has 1 aromatic carbocycles. The van der Waals surface area contributed by atoms with Gasteiger partial charge in [0.2, 0.25) is 11.6 Å². The largest absolute Gasteiger partial charge is 0.368 e. The van der Waals surface area contributed by atoms with Gasteiger partial charge in [0, 0.05) is 37.4 Å². The maximum absolute atomic E-state index is 12.3. The van der Waals surface area contributed by atoms with Crippen LogP contribution in [-0.4, -0.2) is 46.6 Å². The maximum Gasteiger partial charge on any atom is 0.353 e. The van der Waals surface area contributed by atoms with E-state index >= 15 is 0 Å². The fourth-order valence-corrected chi connectivity index (χ4v) is 7.61. The highest BCUT2D eigenvalue weighted by Crippen LogP contribution is 2.57. The lowest BCUT2D eigenvalue weighted by molar-refractivity contribution is -0.383. The third-order valence-corrected chi connectivity index (χ3v) is 8.90. The van der Waals surface area contributed by atoms with Gasteiger partial charge in [0.05, 0.1) is 4.92 Å². The average Bonchev–Trinajstić information content (AvgIpc) is 2.79. The van der Waals surface area contributed by atoms with E-state index in [-0.39, 0.29) is 16.1 Å². The highest BCUT2D eigenvalue weighted by Gasteiger charge is 2.51. The summed E-state index contributed by atoms with van der Waals surface area (Å²) in [5, 5.41) is 15.9. The van der Waals surface area contributed by atoms with Crippen molar-refractivity contribution >= 4 is 23.0 Å². The molecule has 1 aromatic heterocycles. The number of anilines is 3. The maximum atomic E-state index is 12.3. The molecule has 4 bridgehead atoms. The van der Waals surface area contributed by atoms with E-state index in [1.54, 1.807) is 0 Å². The predicted molar refractivity (Wildman–Crippen MR) is 134 cm³/mol. The van der Waals surface area contributed by atoms with Gasteiger partial charge in [-0.3, -0.25) is 10.1 Å². The van der Waals surface area contributed by atoms with Crippen molar-refractivity contribution in [1.82, 2.24) is 9.97 Å². The molecule has 8 heteroatoms. The van der Waals surface area contributed by atoms with Gasteiger partial charge in [-0.05, 0) is 87.3 Å². The molecular formula is C26H34N6O2. The standard InChI is InChI=1S/C26H34N6O2/c1-17-4-3-5-22(18(17)2)30-6-8-31(9-7-30)25-23(32(33)34)24(27-16-28-25)29-26-13-19-10-20(14-26)12-21(11-19)15-26/h3-5,16,19-21H,6-15H2,1-2H3,(H,27,28,29). The van der Waals surface area contributed by atoms with Crippen LogP contribution in [0.2, 0.25) is 0 Å². The summed E-state index contributed by atoms with van der Waals surface area (Å²) in [5.41, 5.74) is 3.84. The molecule has 34 heavy (non-hydrogen) atoms. The van der Waals surface area contributed by atoms with Crippen LogP contribution in [0.15, 0.2) is 24.5 Å². The van der Waals surface area contributed by atoms with E-state index in [1.165, 1.54) is 42.4 Å². The zero-order valence-electron chi connectivity index (χ0n) is 20.2. The Kier molecular flexibility index (Phi) is 5.15. The Morgan fingerprint density at radius 3 is 2.21 bits per heavy atom. The Hall–Kier alpha value is -2.90. The van der Waals surface area contributed by atoms with Crippen LogP contribution in [0.5, 0.6) is 0 Å². The number of hydrogen-bond acceptors (Lipinski definition) is 7. The van der Waals surface area contributed by atoms with E-state index in [9.17, 15) is 10.1 Å². The third kappa shape index (κ3) is 3.67. The number of nitro groups is 1. The van der Waals surface area contributed by atoms with Crippen LogP contribution in [0.4, 0.5) is 23.0 Å². The van der Waals surface area contributed by atoms with Gasteiger partial charge in [-0.1, -0.05) is 12.1 Å². The first-order valence-electron chi connectivity index (χ1n) is 12.7. The minimum Gasteiger partial charge on any atom is -0.368 e. The first-order valence-corrected chi connectivity index (χ1v) is 12.7. The topological polar surface area (TPSA) is 87.4 Å². The number of nitrogens with zero attached hydrogens (tertiary/aromatic N) is 5. The number of hydrogen-bond donors (Lipinski definition) is 1. The van der Waals surface area contributed by atoms with Crippen molar-refractivity contribution in [1.29, 1.82) is 0 Å². The predicted octanol–water partition coefficient (Wildman–Crippen LogP) is 4.71. The molecular weight excluding hydrogens is 428 g/mol. The highest BCUT2D eigenvalue weighted by atomic mass is 16.6. The Labute approximate surface area is 200 Å². The molecule has 1 N–H and O–H groups in total. The summed E-state index contributed by atoms with van der Waals surface area (Å²) >= 11 is 0. The molecule has 4 aliphatic carbocycles. The molecule has 1 aliphatic heterocycles. The molecule has 2 heterocycles. The Morgan fingerprint density at radius 1 is 0.971 bits per heavy atom. The van der Waals surface area contributed by atoms with Gasteiger partial charge in [-0.2, -0.15) is 0 Å². The van der Waals surface area contributed by atoms with E-state index in [1.807, 2.05) is 0 Å². The summed E-state index contributed by atoms with van der Waals surface area (Å²) in [5.74, 6) is 3.15. The normalized spacial score (nSPS) is 30.0. The summed E-state index contributed by atoms with van der Waals surface area (Å²) in [6, 6.07) is 6.40. The molecule has 180 valence electrons. The lowest BCUT2D eigenvalue weighted by Gasteiger charge is -2.57. The van der Waals surface area contributed by atoms with E-state index < -0.39 is 0 Å². The molecule has 0 unspecified atom stereocenters. The molecule has 7 rings (SSSR count). The highest BCUT2D eigenvalue weighted by molar-refractivity contribution is 5.71. The van der Waals surface area contributed by atoms with Crippen molar-refractivity contribution in [3.63, 3.8) is 0 Å². The molecule has 0 amide bonds. The van der Waals surface area contributed by atoms with Crippen molar-refractivity contribution in [2.45, 2.75) is 57.9 Å². The van der Waals surface area contributed by atoms with E-state index in [0.717, 1.165) is 50.1 Å². The molecule has 0 spiro atoms. The van der Waals surface area contributed by atoms with Crippen molar-refractivity contribution < 1.29 is 4.92 Å². The average molecular weight is 463 g/mol. The van der Waals surface area contributed by atoms with Crippen molar-refractivity contribution in [2.75, 3.05) is 41.3 Å². The zero-order valence-corrected chi connectivity index (χ0v) is 20.2. The van der Waals surface area contributed by atoms with E-state index in [4.69, 9.17) is 0 Å². The molecule has 4 saturated carbocycles. The number of aromatic nitrogens is 2. The monoisotopic (exact) mass is 462 g/mol. The molecule has 2 aromatic rings.